The third-order valence-corrected chi connectivity index (χ3v) is 2.76. The molecule has 0 aliphatic heterocycles. The van der Waals surface area contributed by atoms with Crippen molar-refractivity contribution in [3.8, 4) is 5.75 Å². The predicted molar refractivity (Wildman–Crippen MR) is 70.5 cm³/mol. The van der Waals surface area contributed by atoms with E-state index in [9.17, 15) is 0 Å². The normalized spacial score (nSPS) is 10.8. The van der Waals surface area contributed by atoms with Crippen molar-refractivity contribution in [1.82, 2.24) is 10.1 Å². The zero-order valence-electron chi connectivity index (χ0n) is 10.2. The number of hydrogen-bond donors (Lipinski definition) is 1. The number of aromatic nitrogens is 2. The van der Waals surface area contributed by atoms with Crippen LogP contribution in [0.4, 0.5) is 0 Å². The molecule has 2 aromatic heterocycles. The third-order valence-electron chi connectivity index (χ3n) is 2.76. The summed E-state index contributed by atoms with van der Waals surface area (Å²) in [5, 5.41) is 4.84. The van der Waals surface area contributed by atoms with Crippen molar-refractivity contribution < 1.29 is 9.26 Å². The van der Waals surface area contributed by atoms with Crippen LogP contribution < -0.4 is 10.5 Å². The van der Waals surface area contributed by atoms with Gasteiger partial charge in [0.2, 0.25) is 0 Å². The van der Waals surface area contributed by atoms with Crippen LogP contribution in [0.25, 0.3) is 10.9 Å². The van der Waals surface area contributed by atoms with Crippen molar-refractivity contribution in [3.05, 3.63) is 54.0 Å². The highest BCUT2D eigenvalue weighted by Crippen LogP contribution is 2.19. The number of pyridine rings is 1. The summed E-state index contributed by atoms with van der Waals surface area (Å²) in [5.41, 5.74) is 7.12. The first kappa shape index (κ1) is 11.7. The molecule has 0 fully saturated rings. The van der Waals surface area contributed by atoms with Gasteiger partial charge in [0.15, 0.2) is 5.76 Å². The summed E-state index contributed by atoms with van der Waals surface area (Å²) in [7, 11) is 0. The number of nitrogens with two attached hydrogens (primary N) is 1. The number of para-hydroxylation sites is 1. The lowest BCUT2D eigenvalue weighted by Gasteiger charge is -2.04. The zero-order valence-corrected chi connectivity index (χ0v) is 10.2. The number of fused-ring (bicyclic) bond motifs is 1. The average Bonchev–Trinajstić information content (AvgIpc) is 2.93. The minimum Gasteiger partial charge on any atom is -0.484 e. The molecule has 0 unspecified atom stereocenters. The largest absolute Gasteiger partial charge is 0.484 e. The maximum atomic E-state index is 5.62. The van der Waals surface area contributed by atoms with Crippen LogP contribution in [0.3, 0.4) is 0 Å². The van der Waals surface area contributed by atoms with Gasteiger partial charge in [0.05, 0.1) is 17.4 Å². The summed E-state index contributed by atoms with van der Waals surface area (Å²) in [6.45, 7) is 0.675. The van der Waals surface area contributed by atoms with E-state index in [4.69, 9.17) is 15.0 Å². The van der Waals surface area contributed by atoms with Gasteiger partial charge >= 0.3 is 0 Å². The summed E-state index contributed by atoms with van der Waals surface area (Å²) in [5.74, 6) is 1.35. The van der Waals surface area contributed by atoms with Crippen LogP contribution in [0, 0.1) is 0 Å². The first-order valence-electron chi connectivity index (χ1n) is 5.97. The van der Waals surface area contributed by atoms with Crippen LogP contribution in [0.15, 0.2) is 47.1 Å². The van der Waals surface area contributed by atoms with Crippen LogP contribution in [0.5, 0.6) is 5.75 Å². The molecule has 2 N–H and O–H groups in total. The standard InChI is InChI=1S/C14H13N3O2/c15-7-11-6-13(19-17-11)9-18-12-5-10-3-1-2-4-14(10)16-8-12/h1-6,8H,7,9,15H2. The van der Waals surface area contributed by atoms with E-state index in [1.807, 2.05) is 30.3 Å². The Kier molecular flexibility index (Phi) is 3.12. The summed E-state index contributed by atoms with van der Waals surface area (Å²) in [6, 6.07) is 11.6. The average molecular weight is 255 g/mol. The Bertz CT molecular complexity index is 694. The van der Waals surface area contributed by atoms with Gasteiger partial charge in [0.1, 0.15) is 12.4 Å². The zero-order chi connectivity index (χ0) is 13.1. The van der Waals surface area contributed by atoms with Gasteiger partial charge in [-0.25, -0.2) is 0 Å². The first-order valence-corrected chi connectivity index (χ1v) is 5.97. The van der Waals surface area contributed by atoms with Crippen LogP contribution in [0.2, 0.25) is 0 Å². The minimum absolute atomic E-state index is 0.313. The molecule has 96 valence electrons. The highest BCUT2D eigenvalue weighted by molar-refractivity contribution is 5.79. The topological polar surface area (TPSA) is 74.2 Å². The van der Waals surface area contributed by atoms with E-state index in [2.05, 4.69) is 10.1 Å². The Morgan fingerprint density at radius 3 is 2.95 bits per heavy atom. The summed E-state index contributed by atoms with van der Waals surface area (Å²) >= 11 is 0. The fourth-order valence-electron chi connectivity index (χ4n) is 1.80. The molecule has 5 nitrogen and oxygen atoms in total. The van der Waals surface area contributed by atoms with Crippen LogP contribution >= 0.6 is 0 Å². The van der Waals surface area contributed by atoms with Crippen molar-refractivity contribution in [1.29, 1.82) is 0 Å². The second-order valence-electron chi connectivity index (χ2n) is 4.14. The van der Waals surface area contributed by atoms with Crippen molar-refractivity contribution >= 4 is 10.9 Å². The van der Waals surface area contributed by atoms with Crippen LogP contribution in [-0.2, 0) is 13.2 Å². The lowest BCUT2D eigenvalue weighted by atomic mass is 10.2. The van der Waals surface area contributed by atoms with Crippen molar-refractivity contribution in [3.63, 3.8) is 0 Å². The highest BCUT2D eigenvalue weighted by atomic mass is 16.5. The molecule has 0 bridgehead atoms. The Hall–Kier alpha value is -2.40. The first-order chi connectivity index (χ1) is 9.35. The lowest BCUT2D eigenvalue weighted by Crippen LogP contribution is -1.96. The van der Waals surface area contributed by atoms with E-state index in [1.165, 1.54) is 0 Å². The van der Waals surface area contributed by atoms with E-state index < -0.39 is 0 Å². The SMILES string of the molecule is NCc1cc(COc2cnc3ccccc3c2)on1. The molecule has 3 aromatic rings. The quantitative estimate of drug-likeness (QED) is 0.774. The number of ether oxygens (including phenoxy) is 1. The predicted octanol–water partition coefficient (Wildman–Crippen LogP) is 2.26. The number of rotatable bonds is 4. The lowest BCUT2D eigenvalue weighted by molar-refractivity contribution is 0.248. The van der Waals surface area contributed by atoms with Gasteiger partial charge in [-0.2, -0.15) is 0 Å². The Morgan fingerprint density at radius 1 is 1.21 bits per heavy atom. The third kappa shape index (κ3) is 2.56. The molecule has 0 saturated carbocycles. The van der Waals surface area contributed by atoms with Gasteiger partial charge in [-0.1, -0.05) is 23.4 Å². The molecule has 0 amide bonds. The molecule has 0 saturated heterocycles. The van der Waals surface area contributed by atoms with E-state index in [1.54, 1.807) is 12.3 Å². The van der Waals surface area contributed by atoms with Crippen molar-refractivity contribution in [2.75, 3.05) is 0 Å². The molecular formula is C14H13N3O2. The van der Waals surface area contributed by atoms with Gasteiger partial charge in [-0.05, 0) is 12.1 Å². The Morgan fingerprint density at radius 2 is 2.11 bits per heavy atom. The maximum absolute atomic E-state index is 5.62. The van der Waals surface area contributed by atoms with Crippen LogP contribution in [-0.4, -0.2) is 10.1 Å². The van der Waals surface area contributed by atoms with E-state index in [-0.39, 0.29) is 0 Å². The highest BCUT2D eigenvalue weighted by Gasteiger charge is 2.04. The van der Waals surface area contributed by atoms with Crippen molar-refractivity contribution in [2.24, 2.45) is 5.73 Å². The van der Waals surface area contributed by atoms with Crippen molar-refractivity contribution in [2.45, 2.75) is 13.2 Å². The second kappa shape index (κ2) is 5.07. The molecule has 0 aliphatic rings. The van der Waals surface area contributed by atoms with E-state index in [0.29, 0.717) is 24.7 Å². The maximum Gasteiger partial charge on any atom is 0.174 e. The van der Waals surface area contributed by atoms with E-state index >= 15 is 0 Å². The fraction of sp³-hybridized carbons (Fsp3) is 0.143. The Labute approximate surface area is 110 Å². The molecule has 5 heteroatoms. The molecule has 19 heavy (non-hydrogen) atoms. The molecule has 0 radical (unpaired) electrons. The van der Waals surface area contributed by atoms with Gasteiger partial charge in [-0.15, -0.1) is 0 Å². The summed E-state index contributed by atoms with van der Waals surface area (Å²) in [4.78, 5) is 4.32. The van der Waals surface area contributed by atoms with Crippen LogP contribution in [0.1, 0.15) is 11.5 Å². The molecule has 0 spiro atoms. The van der Waals surface area contributed by atoms with Gasteiger partial charge in [-0.3, -0.25) is 4.98 Å². The molecule has 2 heterocycles. The smallest absolute Gasteiger partial charge is 0.174 e. The molecular weight excluding hydrogens is 242 g/mol. The van der Waals surface area contributed by atoms with Gasteiger partial charge < -0.3 is 15.0 Å². The monoisotopic (exact) mass is 255 g/mol. The Balaban J connectivity index is 1.74. The number of hydrogen-bond acceptors (Lipinski definition) is 5. The summed E-state index contributed by atoms with van der Waals surface area (Å²) < 4.78 is 10.7. The van der Waals surface area contributed by atoms with Gasteiger partial charge in [0, 0.05) is 18.0 Å². The van der Waals surface area contributed by atoms with Gasteiger partial charge in [0.25, 0.3) is 0 Å². The minimum atomic E-state index is 0.313. The molecule has 0 atom stereocenters. The summed E-state index contributed by atoms with van der Waals surface area (Å²) in [6.07, 6.45) is 1.70. The molecule has 3 rings (SSSR count). The number of benzene rings is 1. The molecule has 0 aliphatic carbocycles. The second-order valence-corrected chi connectivity index (χ2v) is 4.14. The number of nitrogens with zero attached hydrogens (tertiary/aromatic N) is 2. The fourth-order valence-corrected chi connectivity index (χ4v) is 1.80. The van der Waals surface area contributed by atoms with E-state index in [0.717, 1.165) is 16.6 Å². The molecule has 1 aromatic carbocycles.